The number of carbonyl (C=O) groups excluding carboxylic acids is 1. The summed E-state index contributed by atoms with van der Waals surface area (Å²) in [5, 5.41) is 12.1. The molecule has 5 nitrogen and oxygen atoms in total. The van der Waals surface area contributed by atoms with Gasteiger partial charge in [-0.1, -0.05) is 47.1 Å². The van der Waals surface area contributed by atoms with Gasteiger partial charge in [0.05, 0.1) is 22.7 Å². The maximum atomic E-state index is 13.3. The number of nitriles is 1. The molecule has 11 heteroatoms. The maximum absolute atomic E-state index is 13.3. The minimum Gasteiger partial charge on any atom is -0.324 e. The van der Waals surface area contributed by atoms with Crippen LogP contribution < -0.4 is 5.32 Å². The second-order valence-corrected chi connectivity index (χ2v) is 7.88. The lowest BCUT2D eigenvalue weighted by atomic mass is 10.1. The third kappa shape index (κ3) is 6.10. The number of carbonyl (C=O) groups is 1. The molecule has 0 aliphatic heterocycles. The Labute approximate surface area is 189 Å². The van der Waals surface area contributed by atoms with Crippen molar-refractivity contribution in [3.63, 3.8) is 0 Å². The minimum absolute atomic E-state index is 0.0449. The third-order valence-electron chi connectivity index (χ3n) is 3.84. The summed E-state index contributed by atoms with van der Waals surface area (Å²) in [4.78, 5) is 19.9. The number of hydrogen-bond acceptors (Lipinski definition) is 5. The van der Waals surface area contributed by atoms with Gasteiger partial charge in [-0.15, -0.1) is 0 Å². The quantitative estimate of drug-likeness (QED) is 0.352. The van der Waals surface area contributed by atoms with Crippen LogP contribution in [0.4, 0.5) is 18.9 Å². The average molecular weight is 483 g/mol. The summed E-state index contributed by atoms with van der Waals surface area (Å²) in [7, 11) is 0. The van der Waals surface area contributed by atoms with Gasteiger partial charge in [0.2, 0.25) is 5.91 Å². The summed E-state index contributed by atoms with van der Waals surface area (Å²) < 4.78 is 39.9. The normalized spacial score (nSPS) is 11.1. The largest absolute Gasteiger partial charge is 0.433 e. The second kappa shape index (κ2) is 9.56. The van der Waals surface area contributed by atoms with Crippen molar-refractivity contribution in [1.82, 2.24) is 9.97 Å². The number of halogens is 5. The van der Waals surface area contributed by atoms with Crippen molar-refractivity contribution >= 4 is 46.6 Å². The van der Waals surface area contributed by atoms with Crippen molar-refractivity contribution in [2.45, 2.75) is 11.3 Å². The maximum Gasteiger partial charge on any atom is 0.433 e. The van der Waals surface area contributed by atoms with Crippen LogP contribution in [0, 0.1) is 11.3 Å². The zero-order valence-electron chi connectivity index (χ0n) is 15.4. The van der Waals surface area contributed by atoms with Crippen LogP contribution in [0.25, 0.3) is 11.3 Å². The molecule has 0 radical (unpaired) electrons. The first-order chi connectivity index (χ1) is 14.7. The van der Waals surface area contributed by atoms with Crippen molar-refractivity contribution in [2.24, 2.45) is 0 Å². The zero-order valence-corrected chi connectivity index (χ0v) is 17.7. The predicted molar refractivity (Wildman–Crippen MR) is 113 cm³/mol. The Morgan fingerprint density at radius 1 is 1.06 bits per heavy atom. The van der Waals surface area contributed by atoms with Gasteiger partial charge in [-0.25, -0.2) is 9.97 Å². The number of benzene rings is 2. The summed E-state index contributed by atoms with van der Waals surface area (Å²) in [5.41, 5.74) is -0.267. The number of anilines is 1. The van der Waals surface area contributed by atoms with E-state index in [9.17, 15) is 18.0 Å². The van der Waals surface area contributed by atoms with Crippen molar-refractivity contribution in [1.29, 1.82) is 5.26 Å². The van der Waals surface area contributed by atoms with Crippen molar-refractivity contribution in [2.75, 3.05) is 11.1 Å². The van der Waals surface area contributed by atoms with Gasteiger partial charge in [0.25, 0.3) is 0 Å². The third-order valence-corrected chi connectivity index (χ3v) is 5.18. The number of rotatable bonds is 5. The highest BCUT2D eigenvalue weighted by Gasteiger charge is 2.34. The molecule has 0 atom stereocenters. The molecule has 0 saturated heterocycles. The topological polar surface area (TPSA) is 78.7 Å². The van der Waals surface area contributed by atoms with Crippen LogP contribution in [-0.4, -0.2) is 21.6 Å². The predicted octanol–water partition coefficient (Wildman–Crippen LogP) is 6.07. The van der Waals surface area contributed by atoms with Crippen LogP contribution in [0.15, 0.2) is 53.7 Å². The molecule has 158 valence electrons. The number of nitrogens with zero attached hydrogens (tertiary/aromatic N) is 3. The summed E-state index contributed by atoms with van der Waals surface area (Å²) in [6, 6.07) is 13.2. The SMILES string of the molecule is N#Cc1ccc(Cl)cc1NC(=O)CSc1nc(-c2ccc(Cl)cc2)cc(C(F)(F)F)n1. The van der Waals surface area contributed by atoms with Gasteiger partial charge in [-0.3, -0.25) is 4.79 Å². The molecule has 3 aromatic rings. The Balaban J connectivity index is 1.81. The highest BCUT2D eigenvalue weighted by Crippen LogP contribution is 2.32. The Morgan fingerprint density at radius 2 is 1.74 bits per heavy atom. The van der Waals surface area contributed by atoms with Crippen LogP contribution in [-0.2, 0) is 11.0 Å². The first-order valence-electron chi connectivity index (χ1n) is 8.50. The van der Waals surface area contributed by atoms with E-state index in [-0.39, 0.29) is 27.9 Å². The molecule has 0 aliphatic carbocycles. The molecule has 2 aromatic carbocycles. The monoisotopic (exact) mass is 482 g/mol. The Hall–Kier alpha value is -2.80. The van der Waals surface area contributed by atoms with Crippen LogP contribution >= 0.6 is 35.0 Å². The molecular weight excluding hydrogens is 472 g/mol. The molecule has 0 bridgehead atoms. The lowest BCUT2D eigenvalue weighted by Gasteiger charge is -2.11. The van der Waals surface area contributed by atoms with Gasteiger partial charge in [0.15, 0.2) is 5.16 Å². The van der Waals surface area contributed by atoms with E-state index in [4.69, 9.17) is 28.5 Å². The van der Waals surface area contributed by atoms with Crippen molar-refractivity contribution in [3.05, 3.63) is 69.8 Å². The molecule has 0 unspecified atom stereocenters. The van der Waals surface area contributed by atoms with E-state index in [1.165, 1.54) is 42.5 Å². The van der Waals surface area contributed by atoms with Gasteiger partial charge in [0.1, 0.15) is 11.8 Å². The average Bonchev–Trinajstić information content (AvgIpc) is 2.72. The van der Waals surface area contributed by atoms with Crippen LogP contribution in [0.1, 0.15) is 11.3 Å². The van der Waals surface area contributed by atoms with Gasteiger partial charge in [-0.05, 0) is 36.4 Å². The number of amides is 1. The molecule has 1 heterocycles. The molecule has 0 aliphatic rings. The van der Waals surface area contributed by atoms with E-state index in [0.717, 1.165) is 17.8 Å². The van der Waals surface area contributed by atoms with Crippen molar-refractivity contribution in [3.8, 4) is 17.3 Å². The van der Waals surface area contributed by atoms with Crippen LogP contribution in [0.2, 0.25) is 10.0 Å². The molecule has 1 amide bonds. The van der Waals surface area contributed by atoms with Gasteiger partial charge in [-0.2, -0.15) is 18.4 Å². The molecule has 0 fully saturated rings. The lowest BCUT2D eigenvalue weighted by molar-refractivity contribution is -0.141. The summed E-state index contributed by atoms with van der Waals surface area (Å²) >= 11 is 12.4. The van der Waals surface area contributed by atoms with E-state index in [1.807, 2.05) is 6.07 Å². The van der Waals surface area contributed by atoms with E-state index in [2.05, 4.69) is 15.3 Å². The van der Waals surface area contributed by atoms with E-state index in [0.29, 0.717) is 15.6 Å². The molecule has 0 saturated carbocycles. The zero-order chi connectivity index (χ0) is 22.6. The van der Waals surface area contributed by atoms with Gasteiger partial charge < -0.3 is 5.32 Å². The molecule has 1 aromatic heterocycles. The Kier molecular flexibility index (Phi) is 7.05. The first-order valence-corrected chi connectivity index (χ1v) is 10.2. The number of nitrogens with one attached hydrogen (secondary N) is 1. The van der Waals surface area contributed by atoms with Crippen LogP contribution in [0.3, 0.4) is 0 Å². The lowest BCUT2D eigenvalue weighted by Crippen LogP contribution is -2.16. The van der Waals surface area contributed by atoms with Gasteiger partial charge in [0, 0.05) is 15.6 Å². The molecule has 0 spiro atoms. The fraction of sp³-hybridized carbons (Fsp3) is 0.100. The minimum atomic E-state index is -4.69. The number of thioether (sulfide) groups is 1. The standard InChI is InChI=1S/C20H11Cl2F3N4OS/c21-13-4-1-11(2-5-13)16-8-17(20(23,24)25)29-19(28-16)31-10-18(30)27-15-7-14(22)6-3-12(15)9-26/h1-8H,10H2,(H,27,30). The molecule has 1 N–H and O–H groups in total. The Morgan fingerprint density at radius 3 is 2.39 bits per heavy atom. The summed E-state index contributed by atoms with van der Waals surface area (Å²) in [6.45, 7) is 0. The summed E-state index contributed by atoms with van der Waals surface area (Å²) in [6.07, 6.45) is -4.69. The van der Waals surface area contributed by atoms with E-state index in [1.54, 1.807) is 0 Å². The van der Waals surface area contributed by atoms with Crippen molar-refractivity contribution < 1.29 is 18.0 Å². The first kappa shape index (κ1) is 22.9. The number of alkyl halides is 3. The smallest absolute Gasteiger partial charge is 0.324 e. The molecule has 31 heavy (non-hydrogen) atoms. The van der Waals surface area contributed by atoms with Gasteiger partial charge >= 0.3 is 6.18 Å². The fourth-order valence-electron chi connectivity index (χ4n) is 2.44. The highest BCUT2D eigenvalue weighted by atomic mass is 35.5. The van der Waals surface area contributed by atoms with E-state index >= 15 is 0 Å². The highest BCUT2D eigenvalue weighted by molar-refractivity contribution is 7.99. The van der Waals surface area contributed by atoms with Crippen LogP contribution in [0.5, 0.6) is 0 Å². The number of hydrogen-bond donors (Lipinski definition) is 1. The molecule has 3 rings (SSSR count). The Bertz CT molecular complexity index is 1160. The second-order valence-electron chi connectivity index (χ2n) is 6.06. The summed E-state index contributed by atoms with van der Waals surface area (Å²) in [5.74, 6) is -0.837. The fourth-order valence-corrected chi connectivity index (χ4v) is 3.39. The molecular formula is C20H11Cl2F3N4OS. The van der Waals surface area contributed by atoms with E-state index < -0.39 is 17.8 Å². The number of aromatic nitrogens is 2.